The van der Waals surface area contributed by atoms with Gasteiger partial charge in [-0.1, -0.05) is 6.07 Å². The molecule has 4 nitrogen and oxygen atoms in total. The van der Waals surface area contributed by atoms with Gasteiger partial charge in [0.25, 0.3) is 0 Å². The number of nitrogens with zero attached hydrogens (tertiary/aromatic N) is 1. The summed E-state index contributed by atoms with van der Waals surface area (Å²) in [6.07, 6.45) is 0. The Hall–Kier alpha value is -0.460. The van der Waals surface area contributed by atoms with Crippen LogP contribution in [0.1, 0.15) is 31.7 Å². The van der Waals surface area contributed by atoms with Crippen molar-refractivity contribution >= 4 is 11.3 Å². The van der Waals surface area contributed by atoms with Crippen molar-refractivity contribution in [1.82, 2.24) is 4.90 Å². The predicted molar refractivity (Wildman–Crippen MR) is 85.3 cm³/mol. The average Bonchev–Trinajstić information content (AvgIpc) is 2.92. The summed E-state index contributed by atoms with van der Waals surface area (Å²) in [5, 5.41) is 2.11. The number of ether oxygens (including phenoxy) is 2. The summed E-state index contributed by atoms with van der Waals surface area (Å²) in [5.41, 5.74) is 6.22. The van der Waals surface area contributed by atoms with E-state index in [9.17, 15) is 0 Å². The molecular weight excluding hydrogens is 272 g/mol. The second kappa shape index (κ2) is 10.3. The molecule has 0 amide bonds. The highest BCUT2D eigenvalue weighted by Crippen LogP contribution is 2.27. The van der Waals surface area contributed by atoms with Gasteiger partial charge >= 0.3 is 0 Å². The smallest absolute Gasteiger partial charge is 0.0593 e. The standard InChI is InChI=1S/C15H28N2O2S/c1-4-18-10-8-17(9-11-19-5-2)15(13(3)16)14-7-6-12-20-14/h6-7,12-13,15H,4-5,8-11,16H2,1-3H3. The van der Waals surface area contributed by atoms with Gasteiger partial charge in [0.15, 0.2) is 0 Å². The number of nitrogens with two attached hydrogens (primary N) is 1. The number of hydrogen-bond acceptors (Lipinski definition) is 5. The molecule has 0 radical (unpaired) electrons. The third kappa shape index (κ3) is 5.89. The van der Waals surface area contributed by atoms with E-state index < -0.39 is 0 Å². The minimum Gasteiger partial charge on any atom is -0.380 e. The first-order valence-corrected chi connectivity index (χ1v) is 8.27. The summed E-state index contributed by atoms with van der Waals surface area (Å²) >= 11 is 1.76. The van der Waals surface area contributed by atoms with Gasteiger partial charge in [-0.25, -0.2) is 0 Å². The molecule has 116 valence electrons. The molecule has 0 aliphatic carbocycles. The third-order valence-electron chi connectivity index (χ3n) is 3.18. The lowest BCUT2D eigenvalue weighted by Gasteiger charge is -2.33. The first-order valence-electron chi connectivity index (χ1n) is 7.39. The lowest BCUT2D eigenvalue weighted by Crippen LogP contribution is -2.42. The highest BCUT2D eigenvalue weighted by Gasteiger charge is 2.24. The van der Waals surface area contributed by atoms with Gasteiger partial charge in [0.2, 0.25) is 0 Å². The van der Waals surface area contributed by atoms with Gasteiger partial charge < -0.3 is 15.2 Å². The van der Waals surface area contributed by atoms with Crippen LogP contribution in [-0.2, 0) is 9.47 Å². The van der Waals surface area contributed by atoms with E-state index in [1.165, 1.54) is 4.88 Å². The summed E-state index contributed by atoms with van der Waals surface area (Å²) in [6, 6.07) is 4.55. The van der Waals surface area contributed by atoms with Gasteiger partial charge in [-0.05, 0) is 32.2 Å². The summed E-state index contributed by atoms with van der Waals surface area (Å²) in [5.74, 6) is 0. The van der Waals surface area contributed by atoms with E-state index in [0.29, 0.717) is 0 Å². The minimum absolute atomic E-state index is 0.0805. The Morgan fingerprint density at radius 1 is 1.20 bits per heavy atom. The lowest BCUT2D eigenvalue weighted by atomic mass is 10.1. The largest absolute Gasteiger partial charge is 0.380 e. The van der Waals surface area contributed by atoms with E-state index in [4.69, 9.17) is 15.2 Å². The average molecular weight is 300 g/mol. The van der Waals surface area contributed by atoms with Crippen molar-refractivity contribution in [2.75, 3.05) is 39.5 Å². The van der Waals surface area contributed by atoms with E-state index >= 15 is 0 Å². The van der Waals surface area contributed by atoms with E-state index in [1.807, 2.05) is 13.8 Å². The molecule has 2 atom stereocenters. The topological polar surface area (TPSA) is 47.7 Å². The summed E-state index contributed by atoms with van der Waals surface area (Å²) < 4.78 is 11.0. The maximum absolute atomic E-state index is 6.22. The lowest BCUT2D eigenvalue weighted by molar-refractivity contribution is 0.0581. The fourth-order valence-electron chi connectivity index (χ4n) is 2.27. The predicted octanol–water partition coefficient (Wildman–Crippen LogP) is 2.51. The summed E-state index contributed by atoms with van der Waals surface area (Å²) in [6.45, 7) is 10.8. The number of thiophene rings is 1. The maximum Gasteiger partial charge on any atom is 0.0593 e. The van der Waals surface area contributed by atoms with Crippen LogP contribution in [0.15, 0.2) is 17.5 Å². The van der Waals surface area contributed by atoms with Crippen molar-refractivity contribution in [3.63, 3.8) is 0 Å². The van der Waals surface area contributed by atoms with Crippen molar-refractivity contribution in [1.29, 1.82) is 0 Å². The van der Waals surface area contributed by atoms with Gasteiger partial charge in [0.05, 0.1) is 19.3 Å². The molecule has 1 aromatic heterocycles. The Kier molecular flexibility index (Phi) is 9.05. The molecule has 0 aliphatic heterocycles. The quantitative estimate of drug-likeness (QED) is 0.638. The SMILES string of the molecule is CCOCCN(CCOCC)C(c1cccs1)C(C)N. The minimum atomic E-state index is 0.0805. The van der Waals surface area contributed by atoms with Crippen LogP contribution in [0.3, 0.4) is 0 Å². The van der Waals surface area contributed by atoms with Crippen LogP contribution in [0.25, 0.3) is 0 Å². The van der Waals surface area contributed by atoms with Gasteiger partial charge in [-0.2, -0.15) is 0 Å². The van der Waals surface area contributed by atoms with Crippen LogP contribution in [0.5, 0.6) is 0 Å². The highest BCUT2D eigenvalue weighted by atomic mass is 32.1. The fraction of sp³-hybridized carbons (Fsp3) is 0.733. The first kappa shape index (κ1) is 17.6. The van der Waals surface area contributed by atoms with Crippen molar-refractivity contribution in [3.8, 4) is 0 Å². The molecule has 0 saturated heterocycles. The van der Waals surface area contributed by atoms with E-state index in [0.717, 1.165) is 39.5 Å². The monoisotopic (exact) mass is 300 g/mol. The molecule has 0 saturated carbocycles. The number of rotatable bonds is 11. The van der Waals surface area contributed by atoms with Crippen LogP contribution in [-0.4, -0.2) is 50.5 Å². The normalized spacial score (nSPS) is 14.7. The Labute approximate surface area is 126 Å². The summed E-state index contributed by atoms with van der Waals surface area (Å²) in [4.78, 5) is 3.69. The van der Waals surface area contributed by atoms with Gasteiger partial charge in [-0.15, -0.1) is 11.3 Å². The molecule has 0 spiro atoms. The zero-order valence-corrected chi connectivity index (χ0v) is 13.7. The molecule has 0 aliphatic rings. The Morgan fingerprint density at radius 2 is 1.80 bits per heavy atom. The fourth-order valence-corrected chi connectivity index (χ4v) is 3.25. The molecule has 0 aromatic carbocycles. The highest BCUT2D eigenvalue weighted by molar-refractivity contribution is 7.10. The van der Waals surface area contributed by atoms with Gasteiger partial charge in [0, 0.05) is 37.2 Å². The van der Waals surface area contributed by atoms with Gasteiger partial charge in [0.1, 0.15) is 0 Å². The molecule has 5 heteroatoms. The van der Waals surface area contributed by atoms with Crippen molar-refractivity contribution in [2.24, 2.45) is 5.73 Å². The second-order valence-electron chi connectivity index (χ2n) is 4.75. The van der Waals surface area contributed by atoms with Crippen LogP contribution in [0.4, 0.5) is 0 Å². The Balaban J connectivity index is 2.69. The van der Waals surface area contributed by atoms with Gasteiger partial charge in [-0.3, -0.25) is 4.90 Å². The van der Waals surface area contributed by atoms with E-state index in [-0.39, 0.29) is 12.1 Å². The Bertz CT molecular complexity index is 321. The second-order valence-corrected chi connectivity index (χ2v) is 5.73. The van der Waals surface area contributed by atoms with Crippen LogP contribution < -0.4 is 5.73 Å². The van der Waals surface area contributed by atoms with Crippen LogP contribution in [0, 0.1) is 0 Å². The number of hydrogen-bond donors (Lipinski definition) is 1. The molecule has 1 rings (SSSR count). The Morgan fingerprint density at radius 3 is 2.20 bits per heavy atom. The molecule has 20 heavy (non-hydrogen) atoms. The molecule has 2 N–H and O–H groups in total. The molecule has 1 aromatic rings. The van der Waals surface area contributed by atoms with Crippen molar-refractivity contribution < 1.29 is 9.47 Å². The molecule has 0 fully saturated rings. The molecular formula is C15H28N2O2S. The van der Waals surface area contributed by atoms with Crippen molar-refractivity contribution in [2.45, 2.75) is 32.9 Å². The first-order chi connectivity index (χ1) is 9.70. The van der Waals surface area contributed by atoms with Crippen LogP contribution >= 0.6 is 11.3 Å². The van der Waals surface area contributed by atoms with E-state index in [1.54, 1.807) is 11.3 Å². The summed E-state index contributed by atoms with van der Waals surface area (Å²) in [7, 11) is 0. The molecule has 0 bridgehead atoms. The van der Waals surface area contributed by atoms with E-state index in [2.05, 4.69) is 29.3 Å². The maximum atomic E-state index is 6.22. The zero-order chi connectivity index (χ0) is 14.8. The molecule has 1 heterocycles. The third-order valence-corrected chi connectivity index (χ3v) is 4.12. The van der Waals surface area contributed by atoms with Crippen molar-refractivity contribution in [3.05, 3.63) is 22.4 Å². The zero-order valence-electron chi connectivity index (χ0n) is 12.9. The van der Waals surface area contributed by atoms with Crippen LogP contribution in [0.2, 0.25) is 0 Å². The molecule has 2 unspecified atom stereocenters.